The molecule has 0 aliphatic carbocycles. The average Bonchev–Trinajstić information content (AvgIpc) is 2.08. The van der Waals surface area contributed by atoms with E-state index >= 15 is 0 Å². The fourth-order valence-corrected chi connectivity index (χ4v) is 1.24. The lowest BCUT2D eigenvalue weighted by atomic mass is 10.2. The molecule has 0 saturated heterocycles. The van der Waals surface area contributed by atoms with Crippen LogP contribution in [0.2, 0.25) is 5.02 Å². The molecular weight excluding hydrogens is 194 g/mol. The van der Waals surface area contributed by atoms with E-state index < -0.39 is 4.92 Å². The number of rotatable bonds is 3. The monoisotopic (exact) mass is 201 g/mol. The third kappa shape index (κ3) is 2.32. The summed E-state index contributed by atoms with van der Waals surface area (Å²) in [5, 5.41) is 10.6. The van der Waals surface area contributed by atoms with Crippen molar-refractivity contribution < 1.29 is 9.66 Å². The first-order valence-corrected chi connectivity index (χ1v) is 3.96. The Bertz CT molecular complexity index is 327. The molecule has 0 aromatic heterocycles. The Hall–Kier alpha value is -1.29. The number of methoxy groups -OCH3 is 1. The fourth-order valence-electron chi connectivity index (χ4n) is 1.01. The molecule has 0 bridgehead atoms. The van der Waals surface area contributed by atoms with Gasteiger partial charge in [-0.2, -0.15) is 0 Å². The molecule has 0 spiro atoms. The number of hydrogen-bond donors (Lipinski definition) is 0. The van der Waals surface area contributed by atoms with Gasteiger partial charge in [0.2, 0.25) is 6.54 Å². The predicted molar refractivity (Wildman–Crippen MR) is 48.7 cm³/mol. The van der Waals surface area contributed by atoms with Gasteiger partial charge in [0, 0.05) is 4.92 Å². The highest BCUT2D eigenvalue weighted by Crippen LogP contribution is 2.26. The van der Waals surface area contributed by atoms with Crippen molar-refractivity contribution in [3.05, 3.63) is 38.9 Å². The van der Waals surface area contributed by atoms with Gasteiger partial charge in [-0.15, -0.1) is 0 Å². The third-order valence-corrected chi connectivity index (χ3v) is 1.94. The summed E-state index contributed by atoms with van der Waals surface area (Å²) in [4.78, 5) is 9.84. The van der Waals surface area contributed by atoms with Gasteiger partial charge in [0.25, 0.3) is 0 Å². The topological polar surface area (TPSA) is 52.4 Å². The number of ether oxygens (including phenoxy) is 1. The molecule has 0 saturated carbocycles. The maximum Gasteiger partial charge on any atom is 0.233 e. The van der Waals surface area contributed by atoms with Crippen molar-refractivity contribution in [2.75, 3.05) is 7.11 Å². The van der Waals surface area contributed by atoms with Crippen LogP contribution in [0.4, 0.5) is 0 Å². The van der Waals surface area contributed by atoms with E-state index in [1.165, 1.54) is 7.11 Å². The average molecular weight is 202 g/mol. The highest BCUT2D eigenvalue weighted by molar-refractivity contribution is 6.31. The Morgan fingerprint density at radius 1 is 1.62 bits per heavy atom. The standard InChI is InChI=1S/C8H8ClNO3/c1-13-8-4-2-3-7(9)6(8)5-10(11)12/h2-4H,5H2,1H3. The lowest BCUT2D eigenvalue weighted by Gasteiger charge is -2.05. The lowest BCUT2D eigenvalue weighted by molar-refractivity contribution is -0.496. The van der Waals surface area contributed by atoms with Crippen LogP contribution in [0, 0.1) is 10.1 Å². The maximum atomic E-state index is 10.3. The van der Waals surface area contributed by atoms with Crippen molar-refractivity contribution >= 4 is 11.6 Å². The van der Waals surface area contributed by atoms with E-state index in [-0.39, 0.29) is 6.54 Å². The minimum absolute atomic E-state index is 0.317. The Morgan fingerprint density at radius 2 is 2.31 bits per heavy atom. The molecule has 0 atom stereocenters. The van der Waals surface area contributed by atoms with E-state index in [0.717, 1.165) is 0 Å². The minimum Gasteiger partial charge on any atom is -0.496 e. The Kier molecular flexibility index (Phi) is 3.08. The second-order valence-corrected chi connectivity index (χ2v) is 2.82. The second kappa shape index (κ2) is 4.09. The highest BCUT2D eigenvalue weighted by Gasteiger charge is 2.12. The minimum atomic E-state index is -0.441. The molecule has 1 aromatic rings. The van der Waals surface area contributed by atoms with Gasteiger partial charge in [-0.25, -0.2) is 0 Å². The third-order valence-electron chi connectivity index (χ3n) is 1.58. The van der Waals surface area contributed by atoms with Crippen LogP contribution in [-0.2, 0) is 6.54 Å². The molecule has 70 valence electrons. The van der Waals surface area contributed by atoms with E-state index in [9.17, 15) is 10.1 Å². The Balaban J connectivity index is 3.07. The van der Waals surface area contributed by atoms with Gasteiger partial charge in [0.1, 0.15) is 5.75 Å². The summed E-state index contributed by atoms with van der Waals surface area (Å²) in [6, 6.07) is 4.93. The van der Waals surface area contributed by atoms with Gasteiger partial charge >= 0.3 is 0 Å². The predicted octanol–water partition coefficient (Wildman–Crippen LogP) is 2.13. The van der Waals surface area contributed by atoms with Crippen LogP contribution in [-0.4, -0.2) is 12.0 Å². The van der Waals surface area contributed by atoms with Gasteiger partial charge in [0.05, 0.1) is 17.7 Å². The van der Waals surface area contributed by atoms with E-state index in [1.807, 2.05) is 0 Å². The summed E-state index contributed by atoms with van der Waals surface area (Å²) in [7, 11) is 1.45. The van der Waals surface area contributed by atoms with Crippen molar-refractivity contribution in [2.45, 2.75) is 6.54 Å². The molecule has 0 aliphatic heterocycles. The van der Waals surface area contributed by atoms with Crippen LogP contribution in [0.25, 0.3) is 0 Å². The Morgan fingerprint density at radius 3 is 2.85 bits per heavy atom. The number of benzene rings is 1. The van der Waals surface area contributed by atoms with E-state index in [1.54, 1.807) is 18.2 Å². The van der Waals surface area contributed by atoms with Crippen molar-refractivity contribution in [1.82, 2.24) is 0 Å². The van der Waals surface area contributed by atoms with Crippen LogP contribution in [0.1, 0.15) is 5.56 Å². The lowest BCUT2D eigenvalue weighted by Crippen LogP contribution is -2.01. The zero-order valence-corrected chi connectivity index (χ0v) is 7.75. The molecule has 0 radical (unpaired) electrons. The van der Waals surface area contributed by atoms with Crippen molar-refractivity contribution in [1.29, 1.82) is 0 Å². The maximum absolute atomic E-state index is 10.3. The molecule has 5 heteroatoms. The summed E-state index contributed by atoms with van der Waals surface area (Å²) < 4.78 is 4.94. The van der Waals surface area contributed by atoms with Gasteiger partial charge in [-0.05, 0) is 12.1 Å². The summed E-state index contributed by atoms with van der Waals surface area (Å²) in [5.41, 5.74) is 0.414. The molecule has 0 N–H and O–H groups in total. The van der Waals surface area contributed by atoms with E-state index in [0.29, 0.717) is 16.3 Å². The fraction of sp³-hybridized carbons (Fsp3) is 0.250. The molecular formula is C8H8ClNO3. The zero-order chi connectivity index (χ0) is 9.84. The van der Waals surface area contributed by atoms with E-state index in [2.05, 4.69) is 0 Å². The molecule has 0 heterocycles. The van der Waals surface area contributed by atoms with Gasteiger partial charge < -0.3 is 4.74 Å². The number of nitro groups is 1. The molecule has 0 fully saturated rings. The molecule has 1 aromatic carbocycles. The largest absolute Gasteiger partial charge is 0.496 e. The van der Waals surface area contributed by atoms with Crippen molar-refractivity contribution in [2.24, 2.45) is 0 Å². The molecule has 4 nitrogen and oxygen atoms in total. The SMILES string of the molecule is COc1cccc(Cl)c1C[N+](=O)[O-]. The van der Waals surface area contributed by atoms with Crippen LogP contribution >= 0.6 is 11.6 Å². The number of halogens is 1. The molecule has 0 aliphatic rings. The van der Waals surface area contributed by atoms with Crippen LogP contribution in [0.5, 0.6) is 5.75 Å². The first-order valence-electron chi connectivity index (χ1n) is 3.58. The quantitative estimate of drug-likeness (QED) is 0.556. The van der Waals surface area contributed by atoms with Crippen molar-refractivity contribution in [3.8, 4) is 5.75 Å². The van der Waals surface area contributed by atoms with Crippen LogP contribution < -0.4 is 4.74 Å². The smallest absolute Gasteiger partial charge is 0.233 e. The summed E-state index contributed by atoms with van der Waals surface area (Å²) in [5.74, 6) is 0.448. The zero-order valence-electron chi connectivity index (χ0n) is 6.99. The van der Waals surface area contributed by atoms with Gasteiger partial charge in [-0.1, -0.05) is 17.7 Å². The summed E-state index contributed by atoms with van der Waals surface area (Å²) in [6.07, 6.45) is 0. The van der Waals surface area contributed by atoms with Gasteiger partial charge in [-0.3, -0.25) is 10.1 Å². The van der Waals surface area contributed by atoms with Crippen LogP contribution in [0.3, 0.4) is 0 Å². The molecule has 13 heavy (non-hydrogen) atoms. The van der Waals surface area contributed by atoms with Crippen molar-refractivity contribution in [3.63, 3.8) is 0 Å². The Labute approximate surface area is 80.2 Å². The molecule has 0 unspecified atom stereocenters. The van der Waals surface area contributed by atoms with E-state index in [4.69, 9.17) is 16.3 Å². The first kappa shape index (κ1) is 9.80. The van der Waals surface area contributed by atoms with Gasteiger partial charge in [0.15, 0.2) is 0 Å². The first-order chi connectivity index (χ1) is 6.15. The summed E-state index contributed by atoms with van der Waals surface area (Å²) >= 11 is 5.77. The summed E-state index contributed by atoms with van der Waals surface area (Å²) in [6.45, 7) is -0.317. The molecule has 1 rings (SSSR count). The second-order valence-electron chi connectivity index (χ2n) is 2.41. The highest BCUT2D eigenvalue weighted by atomic mass is 35.5. The normalized spacial score (nSPS) is 9.69. The molecule has 0 amide bonds. The number of nitrogens with zero attached hydrogens (tertiary/aromatic N) is 1. The van der Waals surface area contributed by atoms with Crippen LogP contribution in [0.15, 0.2) is 18.2 Å². The number of hydrogen-bond acceptors (Lipinski definition) is 3.